The van der Waals surface area contributed by atoms with E-state index in [4.69, 9.17) is 22.3 Å². The number of hydrogen-bond donors (Lipinski definition) is 12. The Morgan fingerprint density at radius 2 is 1.15 bits per heavy atom. The molecule has 15 N–H and O–H groups in total. The highest BCUT2D eigenvalue weighted by Crippen LogP contribution is 2.07. The number of hydrogen-bond acceptors (Lipinski definition) is 12. The van der Waals surface area contributed by atoms with Crippen LogP contribution >= 0.6 is 0 Å². The molecule has 0 aliphatic rings. The van der Waals surface area contributed by atoms with Crippen molar-refractivity contribution in [2.75, 3.05) is 26.2 Å². The SMILES string of the molecule is CC(N)C(=O)NC(CCCCN)C(=O)NC(C)C(=O)NC(C(=O)NC(Cc1ccccc1)C(=O)NCC(=O)NC(CCCCN)C(=O)NCC(=O)O)C(C)O. The van der Waals surface area contributed by atoms with Crippen molar-refractivity contribution in [2.45, 2.75) is 108 Å². The van der Waals surface area contributed by atoms with Gasteiger partial charge in [0.2, 0.25) is 41.4 Å². The largest absolute Gasteiger partial charge is 0.480 e. The standard InChI is InChI=1S/C35H58N10O10/c1-20(38)30(50)43-25(14-8-10-16-37)34(54)41-21(2)31(51)45-29(22(3)46)35(55)44-26(17-23-11-5-4-6-12-23)33(53)39-18-27(47)42-24(13-7-9-15-36)32(52)40-19-28(48)49/h4-6,11-12,20-22,24-26,29,46H,7-10,13-19,36-38H2,1-3H3,(H,39,53)(H,40,52)(H,41,54)(H,42,47)(H,43,50)(H,44,55)(H,45,51)(H,48,49). The third kappa shape index (κ3) is 19.1. The fraction of sp³-hybridized carbons (Fsp3) is 0.600. The third-order valence-corrected chi connectivity index (χ3v) is 8.16. The fourth-order valence-electron chi connectivity index (χ4n) is 5.03. The molecule has 1 aromatic rings. The molecule has 0 fully saturated rings. The molecule has 1 rings (SSSR count). The number of nitrogens with two attached hydrogens (primary N) is 3. The van der Waals surface area contributed by atoms with Gasteiger partial charge in [0.15, 0.2) is 0 Å². The maximum Gasteiger partial charge on any atom is 0.322 e. The minimum Gasteiger partial charge on any atom is -0.480 e. The lowest BCUT2D eigenvalue weighted by Crippen LogP contribution is -2.61. The van der Waals surface area contributed by atoms with Gasteiger partial charge in [0.25, 0.3) is 0 Å². The van der Waals surface area contributed by atoms with Gasteiger partial charge < -0.3 is 64.6 Å². The molecule has 0 aliphatic heterocycles. The van der Waals surface area contributed by atoms with Crippen molar-refractivity contribution in [3.05, 3.63) is 35.9 Å². The van der Waals surface area contributed by atoms with Crippen molar-refractivity contribution in [1.29, 1.82) is 0 Å². The van der Waals surface area contributed by atoms with Gasteiger partial charge in [-0.2, -0.15) is 0 Å². The maximum atomic E-state index is 13.5. The Morgan fingerprint density at radius 1 is 0.618 bits per heavy atom. The van der Waals surface area contributed by atoms with Crippen LogP contribution in [0.15, 0.2) is 30.3 Å². The molecular weight excluding hydrogens is 720 g/mol. The second-order valence-corrected chi connectivity index (χ2v) is 13.1. The lowest BCUT2D eigenvalue weighted by molar-refractivity contribution is -0.138. The van der Waals surface area contributed by atoms with Gasteiger partial charge in [0.05, 0.1) is 18.7 Å². The van der Waals surface area contributed by atoms with Crippen LogP contribution in [0.25, 0.3) is 0 Å². The van der Waals surface area contributed by atoms with Crippen molar-refractivity contribution in [3.63, 3.8) is 0 Å². The van der Waals surface area contributed by atoms with Gasteiger partial charge in [-0.25, -0.2) is 0 Å². The van der Waals surface area contributed by atoms with E-state index in [1.165, 1.54) is 20.8 Å². The van der Waals surface area contributed by atoms with Gasteiger partial charge in [0, 0.05) is 6.42 Å². The quantitative estimate of drug-likeness (QED) is 0.0399. The van der Waals surface area contributed by atoms with Crippen LogP contribution < -0.4 is 54.4 Å². The molecule has 7 amide bonds. The van der Waals surface area contributed by atoms with E-state index in [1.54, 1.807) is 30.3 Å². The molecule has 0 saturated heterocycles. The number of carboxylic acid groups (broad SMARTS) is 1. The number of nitrogens with one attached hydrogen (secondary N) is 7. The van der Waals surface area contributed by atoms with E-state index in [2.05, 4.69) is 37.2 Å². The normalized spacial score (nSPS) is 14.7. The number of rotatable bonds is 26. The minimum atomic E-state index is -1.60. The van der Waals surface area contributed by atoms with E-state index >= 15 is 0 Å². The molecule has 0 spiro atoms. The molecule has 7 atom stereocenters. The average molecular weight is 779 g/mol. The third-order valence-electron chi connectivity index (χ3n) is 8.16. The summed E-state index contributed by atoms with van der Waals surface area (Å²) in [6.07, 6.45) is 0.918. The Morgan fingerprint density at radius 3 is 1.67 bits per heavy atom. The summed E-state index contributed by atoms with van der Waals surface area (Å²) >= 11 is 0. The number of aliphatic hydroxyl groups is 1. The van der Waals surface area contributed by atoms with Crippen molar-refractivity contribution in [1.82, 2.24) is 37.2 Å². The number of carboxylic acids is 1. The van der Waals surface area contributed by atoms with Crippen LogP contribution in [0, 0.1) is 0 Å². The first-order chi connectivity index (χ1) is 26.0. The van der Waals surface area contributed by atoms with Crippen LogP contribution in [0.5, 0.6) is 0 Å². The number of carbonyl (C=O) groups is 8. The summed E-state index contributed by atoms with van der Waals surface area (Å²) in [6, 6.07) is 1.37. The molecule has 20 nitrogen and oxygen atoms in total. The van der Waals surface area contributed by atoms with Crippen molar-refractivity contribution < 1.29 is 48.6 Å². The Hall–Kier alpha value is -5.18. The van der Waals surface area contributed by atoms with Crippen LogP contribution in [-0.2, 0) is 44.8 Å². The number of amides is 7. The number of unbranched alkanes of at least 4 members (excludes halogenated alkanes) is 2. The topological polar surface area (TPSA) is 339 Å². The van der Waals surface area contributed by atoms with Crippen molar-refractivity contribution >= 4 is 47.3 Å². The average Bonchev–Trinajstić information content (AvgIpc) is 3.13. The highest BCUT2D eigenvalue weighted by Gasteiger charge is 2.33. The Kier molecular flexibility index (Phi) is 22.4. The lowest BCUT2D eigenvalue weighted by atomic mass is 10.0. The number of carbonyl (C=O) groups excluding carboxylic acids is 7. The Balaban J connectivity index is 3.06. The monoisotopic (exact) mass is 778 g/mol. The number of aliphatic hydroxyl groups excluding tert-OH is 1. The maximum absolute atomic E-state index is 13.5. The molecule has 0 aromatic heterocycles. The van der Waals surface area contributed by atoms with Gasteiger partial charge in [-0.05, 0) is 77.9 Å². The summed E-state index contributed by atoms with van der Waals surface area (Å²) in [7, 11) is 0. The highest BCUT2D eigenvalue weighted by molar-refractivity contribution is 5.97. The lowest BCUT2D eigenvalue weighted by Gasteiger charge is -2.27. The number of benzene rings is 1. The Labute approximate surface area is 320 Å². The Bertz CT molecular complexity index is 1430. The first-order valence-electron chi connectivity index (χ1n) is 18.2. The predicted molar refractivity (Wildman–Crippen MR) is 200 cm³/mol. The van der Waals surface area contributed by atoms with Crippen LogP contribution in [0.3, 0.4) is 0 Å². The molecular formula is C35H58N10O10. The van der Waals surface area contributed by atoms with Crippen molar-refractivity contribution in [3.8, 4) is 0 Å². The van der Waals surface area contributed by atoms with E-state index in [0.717, 1.165) is 0 Å². The predicted octanol–water partition coefficient (Wildman–Crippen LogP) is -4.02. The molecule has 0 heterocycles. The second-order valence-electron chi connectivity index (χ2n) is 13.1. The summed E-state index contributed by atoms with van der Waals surface area (Å²) in [5.41, 5.74) is 17.3. The molecule has 55 heavy (non-hydrogen) atoms. The van der Waals surface area contributed by atoms with E-state index in [-0.39, 0.29) is 19.3 Å². The van der Waals surface area contributed by atoms with Crippen LogP contribution in [0.2, 0.25) is 0 Å². The molecule has 0 bridgehead atoms. The molecule has 0 saturated carbocycles. The van der Waals surface area contributed by atoms with Gasteiger partial charge in [-0.3, -0.25) is 38.4 Å². The zero-order valence-electron chi connectivity index (χ0n) is 31.6. The van der Waals surface area contributed by atoms with E-state index in [0.29, 0.717) is 44.3 Å². The fourth-order valence-corrected chi connectivity index (χ4v) is 5.03. The van der Waals surface area contributed by atoms with Gasteiger partial charge >= 0.3 is 5.97 Å². The highest BCUT2D eigenvalue weighted by atomic mass is 16.4. The minimum absolute atomic E-state index is 0.0645. The van der Waals surface area contributed by atoms with Crippen LogP contribution in [-0.4, -0.2) is 126 Å². The molecule has 1 aromatic carbocycles. The summed E-state index contributed by atoms with van der Waals surface area (Å²) in [5.74, 6) is -6.67. The molecule has 20 heteroatoms. The zero-order chi connectivity index (χ0) is 41.5. The van der Waals surface area contributed by atoms with Gasteiger partial charge in [-0.1, -0.05) is 30.3 Å². The number of aliphatic carboxylic acids is 1. The molecule has 7 unspecified atom stereocenters. The zero-order valence-corrected chi connectivity index (χ0v) is 31.6. The first-order valence-corrected chi connectivity index (χ1v) is 18.2. The van der Waals surface area contributed by atoms with E-state index in [9.17, 15) is 43.5 Å². The van der Waals surface area contributed by atoms with E-state index < -0.39 is 103 Å². The van der Waals surface area contributed by atoms with Gasteiger partial charge in [0.1, 0.15) is 36.8 Å². The van der Waals surface area contributed by atoms with Crippen LogP contribution in [0.1, 0.15) is 64.9 Å². The summed E-state index contributed by atoms with van der Waals surface area (Å²) < 4.78 is 0. The summed E-state index contributed by atoms with van der Waals surface area (Å²) in [5, 5.41) is 36.4. The van der Waals surface area contributed by atoms with Crippen LogP contribution in [0.4, 0.5) is 0 Å². The van der Waals surface area contributed by atoms with Crippen molar-refractivity contribution in [2.24, 2.45) is 17.2 Å². The first kappa shape index (κ1) is 47.8. The smallest absolute Gasteiger partial charge is 0.322 e. The summed E-state index contributed by atoms with van der Waals surface area (Å²) in [6.45, 7) is 3.45. The van der Waals surface area contributed by atoms with Gasteiger partial charge in [-0.15, -0.1) is 0 Å². The molecule has 0 aliphatic carbocycles. The molecule has 308 valence electrons. The second kappa shape index (κ2) is 25.8. The van der Waals surface area contributed by atoms with E-state index in [1.807, 2.05) is 0 Å². The summed E-state index contributed by atoms with van der Waals surface area (Å²) in [4.78, 5) is 102. The molecule has 0 radical (unpaired) electrons.